The van der Waals surface area contributed by atoms with Crippen molar-refractivity contribution in [1.29, 1.82) is 5.26 Å². The van der Waals surface area contributed by atoms with Gasteiger partial charge in [-0.15, -0.1) is 10.2 Å². The zero-order valence-corrected chi connectivity index (χ0v) is 17.7. The van der Waals surface area contributed by atoms with Gasteiger partial charge in [-0.2, -0.15) is 10.4 Å². The molecule has 0 saturated carbocycles. The predicted molar refractivity (Wildman–Crippen MR) is 113 cm³/mol. The van der Waals surface area contributed by atoms with Crippen molar-refractivity contribution in [2.45, 2.75) is 48.9 Å². The quantitative estimate of drug-likeness (QED) is 0.461. The molecule has 9 nitrogen and oxygen atoms in total. The molecule has 2 aromatic heterocycles. The fraction of sp³-hybridized carbons (Fsp3) is 0.368. The molecule has 1 amide bonds. The van der Waals surface area contributed by atoms with Crippen molar-refractivity contribution >= 4 is 34.1 Å². The minimum Gasteiger partial charge on any atom is -0.299 e. The second kappa shape index (κ2) is 9.23. The summed E-state index contributed by atoms with van der Waals surface area (Å²) >= 11 is 2.78. The van der Waals surface area contributed by atoms with Gasteiger partial charge in [-0.3, -0.25) is 14.7 Å². The van der Waals surface area contributed by atoms with Crippen LogP contribution in [0, 0.1) is 11.3 Å². The van der Waals surface area contributed by atoms with Crippen LogP contribution in [0.25, 0.3) is 0 Å². The fourth-order valence-corrected chi connectivity index (χ4v) is 4.89. The number of nitrogens with one attached hydrogen (secondary N) is 1. The van der Waals surface area contributed by atoms with Crippen molar-refractivity contribution < 1.29 is 4.79 Å². The van der Waals surface area contributed by atoms with Crippen LogP contribution < -0.4 is 11.0 Å². The molecule has 3 aromatic rings. The maximum Gasteiger partial charge on any atom is 0.346 e. The molecule has 3 heterocycles. The molecule has 0 fully saturated rings. The molecule has 0 atom stereocenters. The monoisotopic (exact) mass is 441 g/mol. The highest BCUT2D eigenvalue weighted by molar-refractivity contribution is 8.00. The average Bonchev–Trinajstić information content (AvgIpc) is 3.22. The highest BCUT2D eigenvalue weighted by atomic mass is 32.2. The van der Waals surface area contributed by atoms with Crippen LogP contribution in [-0.2, 0) is 30.1 Å². The number of aromatic nitrogens is 5. The van der Waals surface area contributed by atoms with Gasteiger partial charge in [-0.05, 0) is 30.5 Å². The van der Waals surface area contributed by atoms with Crippen molar-refractivity contribution in [3.05, 3.63) is 51.7 Å². The Morgan fingerprint density at radius 1 is 1.23 bits per heavy atom. The standard InChI is InChI=1S/C19H19N7O2S2/c20-10-13-5-7-14(8-6-13)12-29-18-23-22-17(30-18)21-16(27)11-26-19(28)25-9-3-1-2-4-15(25)24-26/h5-8H,1-4,9,11-12H2,(H,21,22,27). The van der Waals surface area contributed by atoms with Crippen molar-refractivity contribution in [2.75, 3.05) is 5.32 Å². The molecule has 1 N–H and O–H groups in total. The Morgan fingerprint density at radius 3 is 2.87 bits per heavy atom. The molecule has 1 aliphatic rings. The van der Waals surface area contributed by atoms with Crippen molar-refractivity contribution in [3.8, 4) is 6.07 Å². The van der Waals surface area contributed by atoms with Crippen LogP contribution >= 0.6 is 23.1 Å². The number of hydrogen-bond donors (Lipinski definition) is 1. The summed E-state index contributed by atoms with van der Waals surface area (Å²) < 4.78 is 3.61. The van der Waals surface area contributed by atoms with E-state index in [1.807, 2.05) is 12.1 Å². The second-order valence-corrected chi connectivity index (χ2v) is 9.04. The van der Waals surface area contributed by atoms with Gasteiger partial charge in [0.2, 0.25) is 11.0 Å². The van der Waals surface area contributed by atoms with E-state index in [1.165, 1.54) is 27.8 Å². The van der Waals surface area contributed by atoms with E-state index in [0.717, 1.165) is 41.4 Å². The van der Waals surface area contributed by atoms with E-state index in [2.05, 4.69) is 26.7 Å². The van der Waals surface area contributed by atoms with Crippen LogP contribution in [0.4, 0.5) is 5.13 Å². The topological polar surface area (TPSA) is 118 Å². The fourth-order valence-electron chi connectivity index (χ4n) is 3.16. The highest BCUT2D eigenvalue weighted by Crippen LogP contribution is 2.28. The molecule has 0 spiro atoms. The van der Waals surface area contributed by atoms with E-state index in [9.17, 15) is 9.59 Å². The minimum atomic E-state index is -0.356. The number of amides is 1. The maximum atomic E-state index is 12.5. The van der Waals surface area contributed by atoms with E-state index in [-0.39, 0.29) is 18.1 Å². The Kier molecular flexibility index (Phi) is 6.25. The van der Waals surface area contributed by atoms with Crippen LogP contribution in [0.3, 0.4) is 0 Å². The maximum absolute atomic E-state index is 12.5. The summed E-state index contributed by atoms with van der Waals surface area (Å²) in [5.41, 5.74) is 1.45. The summed E-state index contributed by atoms with van der Waals surface area (Å²) in [6.07, 6.45) is 3.82. The van der Waals surface area contributed by atoms with E-state index in [4.69, 9.17) is 5.26 Å². The lowest BCUT2D eigenvalue weighted by Crippen LogP contribution is -2.30. The van der Waals surface area contributed by atoms with Crippen LogP contribution in [-0.4, -0.2) is 30.5 Å². The number of aryl methyl sites for hydroxylation is 1. The lowest BCUT2D eigenvalue weighted by molar-refractivity contribution is -0.117. The van der Waals surface area contributed by atoms with Gasteiger partial charge in [-0.25, -0.2) is 9.48 Å². The van der Waals surface area contributed by atoms with Crippen molar-refractivity contribution in [3.63, 3.8) is 0 Å². The van der Waals surface area contributed by atoms with Gasteiger partial charge in [-0.1, -0.05) is 41.7 Å². The number of nitriles is 1. The molecule has 0 unspecified atom stereocenters. The molecular formula is C19H19N7O2S2. The smallest absolute Gasteiger partial charge is 0.299 e. The number of hydrogen-bond acceptors (Lipinski definition) is 8. The van der Waals surface area contributed by atoms with Crippen molar-refractivity contribution in [1.82, 2.24) is 24.5 Å². The lowest BCUT2D eigenvalue weighted by Gasteiger charge is -2.01. The molecular weight excluding hydrogens is 422 g/mol. The van der Waals surface area contributed by atoms with Gasteiger partial charge < -0.3 is 0 Å². The Balaban J connectivity index is 1.33. The van der Waals surface area contributed by atoms with E-state index in [1.54, 1.807) is 16.7 Å². The summed E-state index contributed by atoms with van der Waals surface area (Å²) in [6.45, 7) is 0.512. The first kappa shape index (κ1) is 20.3. The summed E-state index contributed by atoms with van der Waals surface area (Å²) in [5.74, 6) is 1.08. The summed E-state index contributed by atoms with van der Waals surface area (Å²) in [4.78, 5) is 24.8. The number of rotatable bonds is 6. The third-order valence-electron chi connectivity index (χ3n) is 4.67. The first-order valence-corrected chi connectivity index (χ1v) is 11.3. The minimum absolute atomic E-state index is 0.147. The molecule has 0 bridgehead atoms. The van der Waals surface area contributed by atoms with E-state index >= 15 is 0 Å². The SMILES string of the molecule is N#Cc1ccc(CSc2nnc(NC(=O)Cn3nc4n(c3=O)CCCCC4)s2)cc1. The average molecular weight is 442 g/mol. The number of benzene rings is 1. The van der Waals surface area contributed by atoms with Gasteiger partial charge in [0.25, 0.3) is 0 Å². The molecule has 0 aliphatic carbocycles. The van der Waals surface area contributed by atoms with Crippen molar-refractivity contribution in [2.24, 2.45) is 0 Å². The van der Waals surface area contributed by atoms with Crippen LogP contribution in [0.5, 0.6) is 0 Å². The highest BCUT2D eigenvalue weighted by Gasteiger charge is 2.18. The summed E-state index contributed by atoms with van der Waals surface area (Å²) in [7, 11) is 0. The van der Waals surface area contributed by atoms with Gasteiger partial charge in [0.15, 0.2) is 4.34 Å². The molecule has 1 aliphatic heterocycles. The largest absolute Gasteiger partial charge is 0.346 e. The Labute approximate surface area is 180 Å². The number of carbonyl (C=O) groups excluding carboxylic acids is 1. The third-order valence-corrected chi connectivity index (χ3v) is 6.72. The van der Waals surface area contributed by atoms with Crippen LogP contribution in [0.1, 0.15) is 36.2 Å². The molecule has 154 valence electrons. The third kappa shape index (κ3) is 4.77. The summed E-state index contributed by atoms with van der Waals surface area (Å²) in [6, 6.07) is 9.45. The number of thioether (sulfide) groups is 1. The second-order valence-electron chi connectivity index (χ2n) is 6.84. The molecule has 11 heteroatoms. The van der Waals surface area contributed by atoms with E-state index in [0.29, 0.717) is 23.0 Å². The lowest BCUT2D eigenvalue weighted by atomic mass is 10.2. The van der Waals surface area contributed by atoms with Gasteiger partial charge in [0, 0.05) is 18.7 Å². The van der Waals surface area contributed by atoms with Crippen LogP contribution in [0.2, 0.25) is 0 Å². The van der Waals surface area contributed by atoms with Gasteiger partial charge >= 0.3 is 5.69 Å². The first-order chi connectivity index (χ1) is 14.6. The molecule has 4 rings (SSSR count). The number of fused-ring (bicyclic) bond motifs is 1. The predicted octanol–water partition coefficient (Wildman–Crippen LogP) is 2.43. The number of anilines is 1. The van der Waals surface area contributed by atoms with Gasteiger partial charge in [0.05, 0.1) is 11.6 Å². The Bertz CT molecular complexity index is 1140. The molecule has 0 radical (unpaired) electrons. The zero-order chi connectivity index (χ0) is 20.9. The normalized spacial score (nSPS) is 13.3. The first-order valence-electron chi connectivity index (χ1n) is 9.54. The summed E-state index contributed by atoms with van der Waals surface area (Å²) in [5, 5.41) is 24.3. The Hall–Kier alpha value is -2.97. The number of carbonyl (C=O) groups is 1. The Morgan fingerprint density at radius 2 is 2.07 bits per heavy atom. The van der Waals surface area contributed by atoms with Crippen LogP contribution in [0.15, 0.2) is 33.4 Å². The molecule has 30 heavy (non-hydrogen) atoms. The molecule has 0 saturated heterocycles. The molecule has 1 aromatic carbocycles. The zero-order valence-electron chi connectivity index (χ0n) is 16.1. The number of nitrogens with zero attached hydrogens (tertiary/aromatic N) is 6. The van der Waals surface area contributed by atoms with Gasteiger partial charge in [0.1, 0.15) is 12.4 Å². The van der Waals surface area contributed by atoms with E-state index < -0.39 is 0 Å².